The lowest BCUT2D eigenvalue weighted by molar-refractivity contribution is -0.121. The summed E-state index contributed by atoms with van der Waals surface area (Å²) in [4.78, 5) is 11.5. The molecule has 1 fully saturated rings. The van der Waals surface area contributed by atoms with E-state index in [1.54, 1.807) is 0 Å². The first-order valence-electron chi connectivity index (χ1n) is 6.99. The number of rotatable bonds is 8. The SMILES string of the molecule is C=C(CNCCCC(=O)NC1CC1)c1ccccc1. The van der Waals surface area contributed by atoms with Gasteiger partial charge >= 0.3 is 0 Å². The van der Waals surface area contributed by atoms with Crippen LogP contribution >= 0.6 is 0 Å². The van der Waals surface area contributed by atoms with Crippen molar-refractivity contribution in [3.05, 3.63) is 42.5 Å². The molecule has 0 bridgehead atoms. The van der Waals surface area contributed by atoms with E-state index in [-0.39, 0.29) is 5.91 Å². The van der Waals surface area contributed by atoms with Crippen molar-refractivity contribution in [2.45, 2.75) is 31.7 Å². The summed E-state index contributed by atoms with van der Waals surface area (Å²) < 4.78 is 0. The Labute approximate surface area is 115 Å². The first kappa shape index (κ1) is 13.8. The van der Waals surface area contributed by atoms with E-state index in [1.165, 1.54) is 5.56 Å². The summed E-state index contributed by atoms with van der Waals surface area (Å²) in [5.41, 5.74) is 2.25. The van der Waals surface area contributed by atoms with Crippen molar-refractivity contribution >= 4 is 11.5 Å². The molecule has 0 atom stereocenters. The number of hydrogen-bond acceptors (Lipinski definition) is 2. The first-order valence-corrected chi connectivity index (χ1v) is 6.99. The molecule has 3 heteroatoms. The van der Waals surface area contributed by atoms with Crippen LogP contribution in [0.2, 0.25) is 0 Å². The Balaban J connectivity index is 1.54. The largest absolute Gasteiger partial charge is 0.353 e. The van der Waals surface area contributed by atoms with E-state index in [0.29, 0.717) is 12.5 Å². The number of nitrogens with one attached hydrogen (secondary N) is 2. The van der Waals surface area contributed by atoms with Gasteiger partial charge in [-0.2, -0.15) is 0 Å². The molecule has 1 aromatic carbocycles. The molecular formula is C16H22N2O. The van der Waals surface area contributed by atoms with Crippen LogP contribution < -0.4 is 10.6 Å². The molecule has 0 radical (unpaired) electrons. The third-order valence-corrected chi connectivity index (χ3v) is 3.22. The molecule has 0 spiro atoms. The van der Waals surface area contributed by atoms with Gasteiger partial charge in [-0.1, -0.05) is 36.9 Å². The average molecular weight is 258 g/mol. The van der Waals surface area contributed by atoms with Crippen LogP contribution in [0.15, 0.2) is 36.9 Å². The van der Waals surface area contributed by atoms with E-state index >= 15 is 0 Å². The van der Waals surface area contributed by atoms with E-state index < -0.39 is 0 Å². The summed E-state index contributed by atoms with van der Waals surface area (Å²) >= 11 is 0. The zero-order valence-corrected chi connectivity index (χ0v) is 11.3. The quantitative estimate of drug-likeness (QED) is 0.703. The molecular weight excluding hydrogens is 236 g/mol. The molecule has 0 unspecified atom stereocenters. The van der Waals surface area contributed by atoms with Gasteiger partial charge in [0, 0.05) is 19.0 Å². The second-order valence-corrected chi connectivity index (χ2v) is 5.09. The van der Waals surface area contributed by atoms with Crippen LogP contribution in [0, 0.1) is 0 Å². The topological polar surface area (TPSA) is 41.1 Å². The second-order valence-electron chi connectivity index (χ2n) is 5.09. The molecule has 1 aliphatic rings. The highest BCUT2D eigenvalue weighted by atomic mass is 16.1. The maximum Gasteiger partial charge on any atom is 0.220 e. The molecule has 102 valence electrons. The monoisotopic (exact) mass is 258 g/mol. The van der Waals surface area contributed by atoms with Gasteiger partial charge in [0.25, 0.3) is 0 Å². The number of amides is 1. The second kappa shape index (κ2) is 7.10. The van der Waals surface area contributed by atoms with Crippen LogP contribution in [0.5, 0.6) is 0 Å². The summed E-state index contributed by atoms with van der Waals surface area (Å²) in [5.74, 6) is 0.186. The maximum atomic E-state index is 11.5. The van der Waals surface area contributed by atoms with E-state index in [1.807, 2.05) is 18.2 Å². The predicted octanol–water partition coefficient (Wildman–Crippen LogP) is 2.35. The molecule has 19 heavy (non-hydrogen) atoms. The summed E-state index contributed by atoms with van der Waals surface area (Å²) in [6, 6.07) is 10.6. The molecule has 0 aromatic heterocycles. The Hall–Kier alpha value is -1.61. The smallest absolute Gasteiger partial charge is 0.220 e. The van der Waals surface area contributed by atoms with Crippen molar-refractivity contribution in [3.63, 3.8) is 0 Å². The van der Waals surface area contributed by atoms with Gasteiger partial charge in [0.05, 0.1) is 0 Å². The summed E-state index contributed by atoms with van der Waals surface area (Å²) in [6.07, 6.45) is 3.80. The minimum absolute atomic E-state index is 0.186. The van der Waals surface area contributed by atoms with Crippen molar-refractivity contribution in [2.75, 3.05) is 13.1 Å². The van der Waals surface area contributed by atoms with Gasteiger partial charge in [-0.25, -0.2) is 0 Å². The number of hydrogen-bond donors (Lipinski definition) is 2. The standard InChI is InChI=1S/C16H22N2O/c1-13(14-6-3-2-4-7-14)12-17-11-5-8-16(19)18-15-9-10-15/h2-4,6-7,15,17H,1,5,8-12H2,(H,18,19). The lowest BCUT2D eigenvalue weighted by Crippen LogP contribution is -2.26. The molecule has 2 N–H and O–H groups in total. The van der Waals surface area contributed by atoms with E-state index in [4.69, 9.17) is 0 Å². The molecule has 0 heterocycles. The van der Waals surface area contributed by atoms with Crippen molar-refractivity contribution < 1.29 is 4.79 Å². The van der Waals surface area contributed by atoms with Crippen LogP contribution in [-0.2, 0) is 4.79 Å². The molecule has 0 aliphatic heterocycles. The molecule has 2 rings (SSSR count). The van der Waals surface area contributed by atoms with Gasteiger partial charge in [0.15, 0.2) is 0 Å². The fraction of sp³-hybridized carbons (Fsp3) is 0.438. The number of benzene rings is 1. The molecule has 1 saturated carbocycles. The number of carbonyl (C=O) groups excluding carboxylic acids is 1. The van der Waals surface area contributed by atoms with Crippen molar-refractivity contribution in [2.24, 2.45) is 0 Å². The molecule has 3 nitrogen and oxygen atoms in total. The van der Waals surface area contributed by atoms with Gasteiger partial charge in [-0.05, 0) is 36.9 Å². The maximum absolute atomic E-state index is 11.5. The van der Waals surface area contributed by atoms with Crippen LogP contribution in [-0.4, -0.2) is 25.0 Å². The van der Waals surface area contributed by atoms with Gasteiger partial charge < -0.3 is 10.6 Å². The Morgan fingerprint density at radius 2 is 2.00 bits per heavy atom. The Morgan fingerprint density at radius 3 is 2.68 bits per heavy atom. The highest BCUT2D eigenvalue weighted by molar-refractivity contribution is 5.76. The zero-order valence-electron chi connectivity index (χ0n) is 11.3. The van der Waals surface area contributed by atoms with E-state index in [2.05, 4.69) is 29.3 Å². The Bertz CT molecular complexity index is 424. The van der Waals surface area contributed by atoms with Gasteiger partial charge in [0.2, 0.25) is 5.91 Å². The Morgan fingerprint density at radius 1 is 1.26 bits per heavy atom. The van der Waals surface area contributed by atoms with Crippen molar-refractivity contribution in [1.29, 1.82) is 0 Å². The Kier molecular flexibility index (Phi) is 5.16. The van der Waals surface area contributed by atoms with E-state index in [0.717, 1.165) is 37.9 Å². The molecule has 1 aliphatic carbocycles. The van der Waals surface area contributed by atoms with Crippen molar-refractivity contribution in [1.82, 2.24) is 10.6 Å². The molecule has 1 amide bonds. The summed E-state index contributed by atoms with van der Waals surface area (Å²) in [6.45, 7) is 5.69. The predicted molar refractivity (Wildman–Crippen MR) is 78.7 cm³/mol. The number of carbonyl (C=O) groups is 1. The fourth-order valence-corrected chi connectivity index (χ4v) is 1.92. The minimum atomic E-state index is 0.186. The highest BCUT2D eigenvalue weighted by Gasteiger charge is 2.22. The minimum Gasteiger partial charge on any atom is -0.353 e. The highest BCUT2D eigenvalue weighted by Crippen LogP contribution is 2.18. The van der Waals surface area contributed by atoms with Gasteiger partial charge in [-0.3, -0.25) is 4.79 Å². The molecule has 1 aromatic rings. The third-order valence-electron chi connectivity index (χ3n) is 3.22. The molecule has 0 saturated heterocycles. The van der Waals surface area contributed by atoms with Gasteiger partial charge in [-0.15, -0.1) is 0 Å². The van der Waals surface area contributed by atoms with E-state index in [9.17, 15) is 4.79 Å². The zero-order chi connectivity index (χ0) is 13.5. The lowest BCUT2D eigenvalue weighted by Gasteiger charge is -2.08. The third kappa shape index (κ3) is 5.26. The average Bonchev–Trinajstić information content (AvgIpc) is 3.23. The summed E-state index contributed by atoms with van der Waals surface area (Å²) in [5, 5.41) is 6.32. The first-order chi connectivity index (χ1) is 9.25. The van der Waals surface area contributed by atoms with Crippen LogP contribution in [0.1, 0.15) is 31.2 Å². The van der Waals surface area contributed by atoms with Crippen LogP contribution in [0.25, 0.3) is 5.57 Å². The van der Waals surface area contributed by atoms with Crippen molar-refractivity contribution in [3.8, 4) is 0 Å². The van der Waals surface area contributed by atoms with Crippen LogP contribution in [0.3, 0.4) is 0 Å². The normalized spacial score (nSPS) is 14.1. The lowest BCUT2D eigenvalue weighted by atomic mass is 10.1. The summed E-state index contributed by atoms with van der Waals surface area (Å²) in [7, 11) is 0. The van der Waals surface area contributed by atoms with Crippen LogP contribution in [0.4, 0.5) is 0 Å². The fourth-order valence-electron chi connectivity index (χ4n) is 1.92. The van der Waals surface area contributed by atoms with Gasteiger partial charge in [0.1, 0.15) is 0 Å².